The van der Waals surface area contributed by atoms with Crippen molar-refractivity contribution in [3.8, 4) is 0 Å². The molecule has 1 aliphatic rings. The topological polar surface area (TPSA) is 148 Å². The van der Waals surface area contributed by atoms with E-state index in [1.807, 2.05) is 133 Å². The molecule has 6 aromatic carbocycles. The summed E-state index contributed by atoms with van der Waals surface area (Å²) < 4.78 is 47.0. The second-order valence-electron chi connectivity index (χ2n) is 20.6. The average Bonchev–Trinajstić information content (AvgIpc) is 3.40. The molecule has 3 amide bonds. The molecule has 75 heavy (non-hydrogen) atoms. The van der Waals surface area contributed by atoms with Gasteiger partial charge in [0.15, 0.2) is 6.23 Å². The van der Waals surface area contributed by atoms with Gasteiger partial charge in [-0.15, -0.1) is 0 Å². The summed E-state index contributed by atoms with van der Waals surface area (Å²) >= 11 is 0. The van der Waals surface area contributed by atoms with Crippen LogP contribution in [0.3, 0.4) is 0 Å². The van der Waals surface area contributed by atoms with E-state index in [1.165, 1.54) is 6.92 Å². The molecule has 1 saturated heterocycles. The van der Waals surface area contributed by atoms with Crippen LogP contribution in [0.1, 0.15) is 77.1 Å². The number of rotatable bonds is 21. The second kappa shape index (κ2) is 26.1. The monoisotopic (exact) mass is 1030 g/mol. The van der Waals surface area contributed by atoms with E-state index in [-0.39, 0.29) is 33.0 Å². The number of ether oxygens (including phenoxy) is 6. The summed E-state index contributed by atoms with van der Waals surface area (Å²) in [6.45, 7) is 12.8. The van der Waals surface area contributed by atoms with E-state index in [9.17, 15) is 14.4 Å². The van der Waals surface area contributed by atoms with Crippen LogP contribution in [0.15, 0.2) is 182 Å². The maximum Gasteiger partial charge on any atom is 0.408 e. The van der Waals surface area contributed by atoms with Crippen LogP contribution in [-0.2, 0) is 73.7 Å². The van der Waals surface area contributed by atoms with Crippen LogP contribution in [0.4, 0.5) is 4.79 Å². The molecule has 1 N–H and O–H groups in total. The number of hydrogen-bond acceptors (Lipinski definition) is 11. The molecule has 0 radical (unpaired) electrons. The number of alkyl carbamates (subject to hydrolysis) is 1. The van der Waals surface area contributed by atoms with Gasteiger partial charge in [-0.1, -0.05) is 203 Å². The minimum atomic E-state index is -3.27. The van der Waals surface area contributed by atoms with Gasteiger partial charge < -0.3 is 38.2 Å². The average molecular weight is 1040 g/mol. The molecule has 13 nitrogen and oxygen atoms in total. The fraction of sp³-hybridized carbons (Fsp3) is 0.344. The van der Waals surface area contributed by atoms with Gasteiger partial charge in [-0.2, -0.15) is 0 Å². The first-order valence-corrected chi connectivity index (χ1v) is 27.3. The predicted molar refractivity (Wildman–Crippen MR) is 289 cm³/mol. The van der Waals surface area contributed by atoms with Crippen LogP contribution >= 0.6 is 0 Å². The summed E-state index contributed by atoms with van der Waals surface area (Å²) in [6.07, 6.45) is -7.34. The van der Waals surface area contributed by atoms with Crippen molar-refractivity contribution in [2.75, 3.05) is 6.61 Å². The number of hydrogen-bond donors (Lipinski definition) is 1. The Morgan fingerprint density at radius 3 is 1.37 bits per heavy atom. The second-order valence-corrected chi connectivity index (χ2v) is 24.9. The van der Waals surface area contributed by atoms with E-state index in [0.717, 1.165) is 32.0 Å². The maximum atomic E-state index is 15.2. The van der Waals surface area contributed by atoms with Gasteiger partial charge in [0.05, 0.1) is 32.8 Å². The highest BCUT2D eigenvalue weighted by atomic mass is 28.4. The first-order valence-electron chi connectivity index (χ1n) is 25.4. The minimum Gasteiger partial charge on any atom is -0.459 e. The molecule has 14 heteroatoms. The third-order valence-electron chi connectivity index (χ3n) is 12.8. The summed E-state index contributed by atoms with van der Waals surface area (Å²) in [5, 5.41) is 4.16. The molecule has 1 aliphatic heterocycles. The van der Waals surface area contributed by atoms with Crippen molar-refractivity contribution in [2.45, 2.75) is 129 Å². The molecular weight excluding hydrogens is 965 g/mol. The number of nitrogens with zero attached hydrogens (tertiary/aromatic N) is 1. The van der Waals surface area contributed by atoms with Gasteiger partial charge in [0.1, 0.15) is 42.7 Å². The Morgan fingerprint density at radius 2 is 0.960 bits per heavy atom. The van der Waals surface area contributed by atoms with Crippen molar-refractivity contribution in [2.24, 2.45) is 0 Å². The van der Waals surface area contributed by atoms with Gasteiger partial charge in [0, 0.05) is 6.92 Å². The number of carbonyl (C=O) groups is 4. The number of carbonyl (C=O) groups excluding carboxylic acids is 4. The normalized spacial score (nSPS) is 18.3. The summed E-state index contributed by atoms with van der Waals surface area (Å²) in [4.78, 5) is 58.0. The van der Waals surface area contributed by atoms with E-state index >= 15 is 4.79 Å². The Bertz CT molecular complexity index is 2680. The van der Waals surface area contributed by atoms with Crippen LogP contribution in [0.25, 0.3) is 0 Å². The number of benzene rings is 6. The van der Waals surface area contributed by atoms with Crippen molar-refractivity contribution in [1.82, 2.24) is 10.2 Å². The standard InChI is InChI=1S/C61H70N2O11Si/c1-44(64)63(53(65)38-51(62-59(67)74-60(2,3)4)58(66)71-42-48-32-20-11-21-33-48)57-56(70-41-47-30-18-10-19-31-47)55(69-40-46-28-16-9-17-29-46)54(68-39-45-26-14-8-15-27-45)52(73-57)43-72-75(61(5,6)7,49-34-22-12-23-35-49)50-36-24-13-25-37-50/h8-37,51-52,54-57H,38-43H2,1-7H3,(H,62,67)/t51?,52-,54-,55+,56-,57+/m1/s1. The van der Waals surface area contributed by atoms with Gasteiger partial charge in [0.2, 0.25) is 11.8 Å². The number of imide groups is 1. The van der Waals surface area contributed by atoms with Crippen molar-refractivity contribution in [1.29, 1.82) is 0 Å². The molecule has 0 spiro atoms. The van der Waals surface area contributed by atoms with Gasteiger partial charge in [-0.3, -0.25) is 14.5 Å². The highest BCUT2D eigenvalue weighted by Crippen LogP contribution is 2.39. The van der Waals surface area contributed by atoms with Gasteiger partial charge in [-0.25, -0.2) is 9.59 Å². The molecule has 7 rings (SSSR count). The molecule has 6 aromatic rings. The fourth-order valence-corrected chi connectivity index (χ4v) is 13.9. The molecule has 6 atom stereocenters. The quantitative estimate of drug-likeness (QED) is 0.0543. The van der Waals surface area contributed by atoms with Crippen molar-refractivity contribution in [3.05, 3.63) is 204 Å². The zero-order chi connectivity index (χ0) is 53.4. The van der Waals surface area contributed by atoms with E-state index in [0.29, 0.717) is 5.56 Å². The van der Waals surface area contributed by atoms with Crippen LogP contribution in [0.5, 0.6) is 0 Å². The highest BCUT2D eigenvalue weighted by molar-refractivity contribution is 6.99. The maximum absolute atomic E-state index is 15.2. The lowest BCUT2D eigenvalue weighted by molar-refractivity contribution is -0.291. The Labute approximate surface area is 442 Å². The Balaban J connectivity index is 1.34. The third-order valence-corrected chi connectivity index (χ3v) is 17.8. The first kappa shape index (κ1) is 56.0. The lowest BCUT2D eigenvalue weighted by Crippen LogP contribution is -2.70. The Morgan fingerprint density at radius 1 is 0.560 bits per heavy atom. The van der Waals surface area contributed by atoms with E-state index < -0.39 is 85.9 Å². The SMILES string of the molecule is CC(=O)N(C(=O)CC(NC(=O)OC(C)(C)C)C(=O)OCc1ccccc1)[C@H]1O[C@H](CO[Si](c2ccccc2)(c2ccccc2)C(C)(C)C)[C@@H](OCc2ccccc2)[C@H](OCc2ccccc2)[C@H]1OCc1ccccc1. The molecule has 1 fully saturated rings. The number of nitrogens with one attached hydrogen (secondary N) is 1. The summed E-state index contributed by atoms with van der Waals surface area (Å²) in [5.74, 6) is -2.50. The van der Waals surface area contributed by atoms with E-state index in [1.54, 1.807) is 45.0 Å². The van der Waals surface area contributed by atoms with Crippen LogP contribution in [0.2, 0.25) is 5.04 Å². The summed E-state index contributed by atoms with van der Waals surface area (Å²) in [7, 11) is -3.27. The number of esters is 1. The zero-order valence-electron chi connectivity index (χ0n) is 44.0. The fourth-order valence-electron chi connectivity index (χ4n) is 9.32. The lowest BCUT2D eigenvalue weighted by atomic mass is 9.96. The minimum absolute atomic E-state index is 0.0275. The van der Waals surface area contributed by atoms with E-state index in [2.05, 4.69) is 50.4 Å². The molecule has 1 unspecified atom stereocenters. The third kappa shape index (κ3) is 15.2. The van der Waals surface area contributed by atoms with Crippen LogP contribution in [-0.4, -0.2) is 86.0 Å². The van der Waals surface area contributed by atoms with Crippen LogP contribution < -0.4 is 15.7 Å². The number of amides is 3. The van der Waals surface area contributed by atoms with Gasteiger partial charge in [-0.05, 0) is 58.4 Å². The largest absolute Gasteiger partial charge is 0.459 e. The van der Waals surface area contributed by atoms with Crippen LogP contribution in [0, 0.1) is 0 Å². The molecule has 0 aliphatic carbocycles. The zero-order valence-corrected chi connectivity index (χ0v) is 45.0. The van der Waals surface area contributed by atoms with Crippen molar-refractivity contribution >= 4 is 42.6 Å². The smallest absolute Gasteiger partial charge is 0.408 e. The molecule has 0 saturated carbocycles. The first-order chi connectivity index (χ1) is 36.0. The highest BCUT2D eigenvalue weighted by Gasteiger charge is 2.55. The molecule has 394 valence electrons. The summed E-state index contributed by atoms with van der Waals surface area (Å²) in [5.41, 5.74) is 2.29. The summed E-state index contributed by atoms with van der Waals surface area (Å²) in [6, 6.07) is 56.7. The molecular formula is C61H70N2O11Si. The lowest BCUT2D eigenvalue weighted by Gasteiger charge is -2.50. The molecule has 0 aromatic heterocycles. The van der Waals surface area contributed by atoms with Crippen molar-refractivity contribution < 1.29 is 52.0 Å². The van der Waals surface area contributed by atoms with Gasteiger partial charge >= 0.3 is 12.1 Å². The van der Waals surface area contributed by atoms with E-state index in [4.69, 9.17) is 32.8 Å². The van der Waals surface area contributed by atoms with Crippen molar-refractivity contribution in [3.63, 3.8) is 0 Å². The predicted octanol–water partition coefficient (Wildman–Crippen LogP) is 9.45. The van der Waals surface area contributed by atoms with Gasteiger partial charge in [0.25, 0.3) is 8.32 Å². The molecule has 0 bridgehead atoms. The molecule has 1 heterocycles. The Kier molecular flexibility index (Phi) is 19.5. The Hall–Kier alpha value is -6.78.